The lowest BCUT2D eigenvalue weighted by molar-refractivity contribution is 0.509. The van der Waals surface area contributed by atoms with E-state index in [0.29, 0.717) is 11.4 Å². The monoisotopic (exact) mass is 236 g/mol. The van der Waals surface area contributed by atoms with Crippen LogP contribution in [0.25, 0.3) is 0 Å². The zero-order chi connectivity index (χ0) is 11.1. The lowest BCUT2D eigenvalue weighted by Gasteiger charge is -2.06. The molecule has 0 bridgehead atoms. The summed E-state index contributed by atoms with van der Waals surface area (Å²) in [7, 11) is 0. The number of hydrogen-bond acceptors (Lipinski definition) is 3. The second-order valence-electron chi connectivity index (χ2n) is 3.37. The second kappa shape index (κ2) is 3.38. The van der Waals surface area contributed by atoms with Gasteiger partial charge in [0.05, 0.1) is 11.4 Å². The third kappa shape index (κ3) is 1.40. The Morgan fingerprint density at radius 1 is 1.19 bits per heavy atom. The van der Waals surface area contributed by atoms with Gasteiger partial charge in [-0.15, -0.1) is 11.3 Å². The van der Waals surface area contributed by atoms with Crippen molar-refractivity contribution in [1.29, 1.82) is 0 Å². The van der Waals surface area contributed by atoms with E-state index in [0.717, 1.165) is 22.7 Å². The van der Waals surface area contributed by atoms with Gasteiger partial charge in [0.1, 0.15) is 5.00 Å². The first-order chi connectivity index (χ1) is 7.74. The zero-order valence-corrected chi connectivity index (χ0v) is 8.81. The van der Waals surface area contributed by atoms with Crippen molar-refractivity contribution in [2.24, 2.45) is 4.99 Å². The van der Waals surface area contributed by atoms with E-state index >= 15 is 0 Å². The van der Waals surface area contributed by atoms with Gasteiger partial charge >= 0.3 is 0 Å². The predicted octanol–water partition coefficient (Wildman–Crippen LogP) is 3.83. The highest BCUT2D eigenvalue weighted by molar-refractivity contribution is 7.14. The Kier molecular flexibility index (Phi) is 2.00. The first-order valence-electron chi connectivity index (χ1n) is 4.61. The van der Waals surface area contributed by atoms with Crippen molar-refractivity contribution in [3.8, 4) is 0 Å². The quantitative estimate of drug-likeness (QED) is 0.630. The topological polar surface area (TPSA) is 24.4 Å². The molecule has 0 unspecified atom stereocenters. The van der Waals surface area contributed by atoms with Crippen LogP contribution in [-0.2, 0) is 0 Å². The van der Waals surface area contributed by atoms with E-state index in [4.69, 9.17) is 0 Å². The highest BCUT2D eigenvalue weighted by Crippen LogP contribution is 2.36. The molecule has 0 aliphatic carbocycles. The number of thiophene rings is 1. The highest BCUT2D eigenvalue weighted by Gasteiger charge is 2.13. The fourth-order valence-electron chi connectivity index (χ4n) is 1.53. The maximum absolute atomic E-state index is 13.1. The van der Waals surface area contributed by atoms with Crippen LogP contribution in [0.3, 0.4) is 0 Å². The van der Waals surface area contributed by atoms with Gasteiger partial charge in [0.15, 0.2) is 11.6 Å². The number of rotatable bonds is 0. The molecule has 16 heavy (non-hydrogen) atoms. The van der Waals surface area contributed by atoms with Crippen molar-refractivity contribution in [2.45, 2.75) is 0 Å². The first kappa shape index (κ1) is 9.47. The maximum atomic E-state index is 13.1. The van der Waals surface area contributed by atoms with Gasteiger partial charge in [0, 0.05) is 23.9 Å². The van der Waals surface area contributed by atoms with E-state index in [1.54, 1.807) is 6.21 Å². The van der Waals surface area contributed by atoms with Crippen LogP contribution >= 0.6 is 11.3 Å². The summed E-state index contributed by atoms with van der Waals surface area (Å²) in [6.07, 6.45) is 1.64. The lowest BCUT2D eigenvalue weighted by Crippen LogP contribution is -1.91. The second-order valence-corrected chi connectivity index (χ2v) is 4.29. The number of anilines is 2. The Balaban J connectivity index is 2.19. The summed E-state index contributed by atoms with van der Waals surface area (Å²) < 4.78 is 26.1. The summed E-state index contributed by atoms with van der Waals surface area (Å²) >= 11 is 1.49. The molecule has 1 aromatic heterocycles. The number of nitrogens with zero attached hydrogens (tertiary/aromatic N) is 1. The van der Waals surface area contributed by atoms with Crippen molar-refractivity contribution >= 4 is 33.9 Å². The Bertz CT molecular complexity index is 590. The van der Waals surface area contributed by atoms with Crippen LogP contribution in [0.2, 0.25) is 0 Å². The van der Waals surface area contributed by atoms with Crippen LogP contribution in [0, 0.1) is 11.6 Å². The third-order valence-electron chi connectivity index (χ3n) is 2.33. The van der Waals surface area contributed by atoms with Gasteiger partial charge in [-0.3, -0.25) is 4.99 Å². The van der Waals surface area contributed by atoms with Crippen LogP contribution < -0.4 is 5.32 Å². The molecule has 1 aliphatic rings. The normalized spacial score (nSPS) is 12.6. The smallest absolute Gasteiger partial charge is 0.161 e. The molecule has 1 N–H and O–H groups in total. The molecule has 2 nitrogen and oxygen atoms in total. The summed E-state index contributed by atoms with van der Waals surface area (Å²) in [5, 5.41) is 5.83. The average molecular weight is 236 g/mol. The van der Waals surface area contributed by atoms with E-state index in [9.17, 15) is 8.78 Å². The van der Waals surface area contributed by atoms with Crippen molar-refractivity contribution in [3.63, 3.8) is 0 Å². The zero-order valence-electron chi connectivity index (χ0n) is 8.00. The standard InChI is InChI=1S/C11H6F2N2S/c12-7-3-9-10(4-8(7)13)15-11-6(5-14-9)1-2-16-11/h1-5,15H. The van der Waals surface area contributed by atoms with E-state index < -0.39 is 11.6 Å². The predicted molar refractivity (Wildman–Crippen MR) is 61.2 cm³/mol. The fourth-order valence-corrected chi connectivity index (χ4v) is 2.30. The van der Waals surface area contributed by atoms with Gasteiger partial charge in [-0.05, 0) is 11.4 Å². The largest absolute Gasteiger partial charge is 0.345 e. The summed E-state index contributed by atoms with van der Waals surface area (Å²) in [5.41, 5.74) is 1.81. The van der Waals surface area contributed by atoms with Crippen LogP contribution in [-0.4, -0.2) is 6.21 Å². The molecule has 0 saturated heterocycles. The average Bonchev–Trinajstić information content (AvgIpc) is 2.63. The van der Waals surface area contributed by atoms with Crippen LogP contribution in [0.5, 0.6) is 0 Å². The molecule has 1 aromatic carbocycles. The molecule has 0 fully saturated rings. The molecule has 0 spiro atoms. The minimum absolute atomic E-state index is 0.405. The van der Waals surface area contributed by atoms with Crippen molar-refractivity contribution in [2.75, 3.05) is 5.32 Å². The lowest BCUT2D eigenvalue weighted by atomic mass is 10.2. The number of nitrogens with one attached hydrogen (secondary N) is 1. The molecule has 0 saturated carbocycles. The number of halogens is 2. The summed E-state index contributed by atoms with van der Waals surface area (Å²) in [6.45, 7) is 0. The van der Waals surface area contributed by atoms with Crippen molar-refractivity contribution in [3.05, 3.63) is 40.8 Å². The van der Waals surface area contributed by atoms with Gasteiger partial charge in [-0.1, -0.05) is 0 Å². The van der Waals surface area contributed by atoms with Gasteiger partial charge in [-0.2, -0.15) is 0 Å². The van der Waals surface area contributed by atoms with E-state index in [-0.39, 0.29) is 0 Å². The Morgan fingerprint density at radius 3 is 2.88 bits per heavy atom. The Hall–Kier alpha value is -1.75. The highest BCUT2D eigenvalue weighted by atomic mass is 32.1. The van der Waals surface area contributed by atoms with Crippen molar-refractivity contribution in [1.82, 2.24) is 0 Å². The van der Waals surface area contributed by atoms with Gasteiger partial charge in [0.25, 0.3) is 0 Å². The molecule has 0 amide bonds. The van der Waals surface area contributed by atoms with Gasteiger partial charge in [0.2, 0.25) is 0 Å². The van der Waals surface area contributed by atoms with Crippen LogP contribution in [0.15, 0.2) is 28.6 Å². The molecular formula is C11H6F2N2S. The van der Waals surface area contributed by atoms with Crippen molar-refractivity contribution < 1.29 is 8.78 Å². The summed E-state index contributed by atoms with van der Waals surface area (Å²) in [5.74, 6) is -1.76. The fraction of sp³-hybridized carbons (Fsp3) is 0. The molecule has 1 aliphatic heterocycles. The first-order valence-corrected chi connectivity index (χ1v) is 5.49. The minimum Gasteiger partial charge on any atom is -0.345 e. The number of benzene rings is 1. The van der Waals surface area contributed by atoms with Gasteiger partial charge < -0.3 is 5.32 Å². The summed E-state index contributed by atoms with van der Waals surface area (Å²) in [6, 6.07) is 4.11. The van der Waals surface area contributed by atoms with E-state index in [2.05, 4.69) is 10.3 Å². The van der Waals surface area contributed by atoms with E-state index in [1.165, 1.54) is 11.3 Å². The molecular weight excluding hydrogens is 230 g/mol. The van der Waals surface area contributed by atoms with Gasteiger partial charge in [-0.25, -0.2) is 8.78 Å². The number of aliphatic imine (C=N–C) groups is 1. The molecule has 0 atom stereocenters. The molecule has 80 valence electrons. The molecule has 5 heteroatoms. The number of fused-ring (bicyclic) bond motifs is 2. The minimum atomic E-state index is -0.886. The summed E-state index contributed by atoms with van der Waals surface area (Å²) in [4.78, 5) is 4.11. The Labute approximate surface area is 94.3 Å². The molecule has 2 aromatic rings. The van der Waals surface area contributed by atoms with E-state index in [1.807, 2.05) is 11.4 Å². The molecule has 0 radical (unpaired) electrons. The molecule has 2 heterocycles. The number of hydrogen-bond donors (Lipinski definition) is 1. The van der Waals surface area contributed by atoms with Crippen LogP contribution in [0.1, 0.15) is 5.56 Å². The van der Waals surface area contributed by atoms with Crippen LogP contribution in [0.4, 0.5) is 25.2 Å². The molecule has 3 rings (SSSR count). The Morgan fingerprint density at radius 2 is 2.00 bits per heavy atom. The maximum Gasteiger partial charge on any atom is 0.161 e. The third-order valence-corrected chi connectivity index (χ3v) is 3.17. The SMILES string of the molecule is Fc1cc2c(cc1F)Nc1sccc1C=N2.